The standard InChI is InChI=1S/C27H30N4O5/c1-27(2)13-17-22(18(32)14-27)23(16-8-7-9-20(34-4)24(16)36-6)31-26(28-17)29-25(30-31)15-10-11-19(33-3)21(12-15)35-5/h7-12,23H,13-14H2,1-6H3,(H,28,29,30). The van der Waals surface area contributed by atoms with Crippen LogP contribution in [-0.2, 0) is 4.79 Å². The lowest BCUT2D eigenvalue weighted by Crippen LogP contribution is -2.36. The third-order valence-corrected chi connectivity index (χ3v) is 6.70. The van der Waals surface area contributed by atoms with E-state index in [1.165, 1.54) is 0 Å². The quantitative estimate of drug-likeness (QED) is 0.534. The Kier molecular flexibility index (Phi) is 5.86. The first-order valence-electron chi connectivity index (χ1n) is 11.7. The highest BCUT2D eigenvalue weighted by atomic mass is 16.5. The van der Waals surface area contributed by atoms with Crippen LogP contribution in [0.1, 0.15) is 38.3 Å². The summed E-state index contributed by atoms with van der Waals surface area (Å²) in [6, 6.07) is 10.7. The van der Waals surface area contributed by atoms with Crippen molar-refractivity contribution in [1.29, 1.82) is 0 Å². The second kappa shape index (κ2) is 8.89. The highest BCUT2D eigenvalue weighted by molar-refractivity contribution is 6.00. The molecule has 1 aliphatic heterocycles. The minimum absolute atomic E-state index is 0.0810. The summed E-state index contributed by atoms with van der Waals surface area (Å²) in [5, 5.41) is 8.28. The average molecular weight is 491 g/mol. The molecule has 1 aromatic heterocycles. The maximum Gasteiger partial charge on any atom is 0.226 e. The maximum atomic E-state index is 13.6. The number of hydrogen-bond acceptors (Lipinski definition) is 8. The highest BCUT2D eigenvalue weighted by Gasteiger charge is 2.43. The summed E-state index contributed by atoms with van der Waals surface area (Å²) in [5.41, 5.74) is 2.92. The monoisotopic (exact) mass is 490 g/mol. The van der Waals surface area contributed by atoms with E-state index < -0.39 is 6.04 Å². The van der Waals surface area contributed by atoms with Crippen LogP contribution < -0.4 is 24.3 Å². The summed E-state index contributed by atoms with van der Waals surface area (Å²) in [6.07, 6.45) is 1.16. The molecule has 0 radical (unpaired) electrons. The molecular weight excluding hydrogens is 460 g/mol. The third kappa shape index (κ3) is 3.84. The van der Waals surface area contributed by atoms with Gasteiger partial charge in [0.2, 0.25) is 5.95 Å². The van der Waals surface area contributed by atoms with Crippen molar-refractivity contribution in [2.24, 2.45) is 5.41 Å². The molecule has 0 spiro atoms. The van der Waals surface area contributed by atoms with Crippen molar-refractivity contribution in [3.63, 3.8) is 0 Å². The topological polar surface area (TPSA) is 96.7 Å². The van der Waals surface area contributed by atoms with E-state index in [-0.39, 0.29) is 11.2 Å². The number of Topliss-reactive ketones (excluding diaryl/α,β-unsaturated/α-hetero) is 1. The van der Waals surface area contributed by atoms with Crippen molar-refractivity contribution in [1.82, 2.24) is 14.8 Å². The molecule has 188 valence electrons. The van der Waals surface area contributed by atoms with Crippen LogP contribution >= 0.6 is 0 Å². The number of benzene rings is 2. The second-order valence-corrected chi connectivity index (χ2v) is 9.72. The first kappa shape index (κ1) is 23.7. The van der Waals surface area contributed by atoms with Crippen molar-refractivity contribution in [2.75, 3.05) is 33.8 Å². The molecule has 2 aromatic carbocycles. The number of ketones is 1. The summed E-state index contributed by atoms with van der Waals surface area (Å²) >= 11 is 0. The number of hydrogen-bond donors (Lipinski definition) is 1. The number of carbonyl (C=O) groups excluding carboxylic acids is 1. The van der Waals surface area contributed by atoms with Crippen LogP contribution in [0.5, 0.6) is 23.0 Å². The van der Waals surface area contributed by atoms with Gasteiger partial charge in [0, 0.05) is 28.8 Å². The van der Waals surface area contributed by atoms with Gasteiger partial charge in [-0.25, -0.2) is 4.68 Å². The lowest BCUT2D eigenvalue weighted by molar-refractivity contribution is -0.118. The Hall–Kier alpha value is -4.01. The second-order valence-electron chi connectivity index (χ2n) is 9.72. The van der Waals surface area contributed by atoms with Crippen LogP contribution in [0.2, 0.25) is 0 Å². The first-order chi connectivity index (χ1) is 17.3. The molecule has 0 saturated carbocycles. The fourth-order valence-corrected chi connectivity index (χ4v) is 5.12. The molecular formula is C27H30N4O5. The predicted octanol–water partition coefficient (Wildman–Crippen LogP) is 4.64. The van der Waals surface area contributed by atoms with Gasteiger partial charge in [0.05, 0.1) is 28.4 Å². The Morgan fingerprint density at radius 2 is 1.69 bits per heavy atom. The lowest BCUT2D eigenvalue weighted by Gasteiger charge is -2.38. The van der Waals surface area contributed by atoms with E-state index in [9.17, 15) is 4.79 Å². The molecule has 0 bridgehead atoms. The molecule has 9 heteroatoms. The number of anilines is 1. The van der Waals surface area contributed by atoms with Crippen LogP contribution in [0.4, 0.5) is 5.95 Å². The summed E-state index contributed by atoms with van der Waals surface area (Å²) in [4.78, 5) is 18.4. The van der Waals surface area contributed by atoms with Crippen molar-refractivity contribution in [3.05, 3.63) is 53.2 Å². The highest BCUT2D eigenvalue weighted by Crippen LogP contribution is 2.48. The number of aromatic nitrogens is 3. The van der Waals surface area contributed by atoms with Crippen LogP contribution in [-0.4, -0.2) is 49.0 Å². The smallest absolute Gasteiger partial charge is 0.226 e. The molecule has 0 saturated heterocycles. The number of para-hydroxylation sites is 1. The van der Waals surface area contributed by atoms with Crippen molar-refractivity contribution >= 4 is 11.7 Å². The van der Waals surface area contributed by atoms with E-state index in [0.717, 1.165) is 23.2 Å². The lowest BCUT2D eigenvalue weighted by atomic mass is 9.73. The van der Waals surface area contributed by atoms with Gasteiger partial charge in [-0.1, -0.05) is 26.0 Å². The zero-order valence-corrected chi connectivity index (χ0v) is 21.3. The van der Waals surface area contributed by atoms with E-state index >= 15 is 0 Å². The van der Waals surface area contributed by atoms with Gasteiger partial charge in [0.1, 0.15) is 6.04 Å². The number of rotatable bonds is 6. The average Bonchev–Trinajstić information content (AvgIpc) is 3.29. The van der Waals surface area contributed by atoms with E-state index in [1.54, 1.807) is 33.1 Å². The molecule has 1 N–H and O–H groups in total. The summed E-state index contributed by atoms with van der Waals surface area (Å²) in [6.45, 7) is 4.21. The fourth-order valence-electron chi connectivity index (χ4n) is 5.12. The molecule has 2 aliphatic rings. The van der Waals surface area contributed by atoms with Crippen LogP contribution in [0, 0.1) is 5.41 Å². The zero-order valence-electron chi connectivity index (χ0n) is 21.3. The summed E-state index contributed by atoms with van der Waals surface area (Å²) in [7, 11) is 6.38. The van der Waals surface area contributed by atoms with Gasteiger partial charge >= 0.3 is 0 Å². The Bertz CT molecular complexity index is 1370. The van der Waals surface area contributed by atoms with E-state index in [4.69, 9.17) is 29.0 Å². The molecule has 36 heavy (non-hydrogen) atoms. The number of carbonyl (C=O) groups is 1. The number of allylic oxidation sites excluding steroid dienone is 2. The van der Waals surface area contributed by atoms with Gasteiger partial charge < -0.3 is 24.3 Å². The number of methoxy groups -OCH3 is 4. The largest absolute Gasteiger partial charge is 0.493 e. The van der Waals surface area contributed by atoms with Crippen molar-refractivity contribution < 1.29 is 23.7 Å². The van der Waals surface area contributed by atoms with Gasteiger partial charge in [-0.3, -0.25) is 4.79 Å². The molecule has 2 heterocycles. The van der Waals surface area contributed by atoms with Gasteiger partial charge in [-0.2, -0.15) is 4.98 Å². The minimum atomic E-state index is -0.522. The minimum Gasteiger partial charge on any atom is -0.493 e. The maximum absolute atomic E-state index is 13.6. The third-order valence-electron chi connectivity index (χ3n) is 6.70. The van der Waals surface area contributed by atoms with Gasteiger partial charge in [0.25, 0.3) is 0 Å². The van der Waals surface area contributed by atoms with E-state index in [0.29, 0.717) is 46.8 Å². The molecule has 5 rings (SSSR count). The first-order valence-corrected chi connectivity index (χ1v) is 11.7. The van der Waals surface area contributed by atoms with Crippen LogP contribution in [0.3, 0.4) is 0 Å². The normalized spacial score (nSPS) is 18.2. The van der Waals surface area contributed by atoms with Gasteiger partial charge in [-0.05, 0) is 36.1 Å². The number of fused-ring (bicyclic) bond motifs is 1. The molecule has 3 aromatic rings. The molecule has 1 unspecified atom stereocenters. The Morgan fingerprint density at radius 1 is 0.944 bits per heavy atom. The van der Waals surface area contributed by atoms with Gasteiger partial charge in [-0.15, -0.1) is 5.10 Å². The molecule has 9 nitrogen and oxygen atoms in total. The molecule has 0 fully saturated rings. The van der Waals surface area contributed by atoms with Crippen LogP contribution in [0.25, 0.3) is 11.4 Å². The number of nitrogens with zero attached hydrogens (tertiary/aromatic N) is 3. The van der Waals surface area contributed by atoms with E-state index in [1.807, 2.05) is 36.4 Å². The Balaban J connectivity index is 1.71. The van der Waals surface area contributed by atoms with Crippen LogP contribution in [0.15, 0.2) is 47.7 Å². The molecule has 1 aliphatic carbocycles. The van der Waals surface area contributed by atoms with Crippen molar-refractivity contribution in [3.8, 4) is 34.4 Å². The van der Waals surface area contributed by atoms with Crippen molar-refractivity contribution in [2.45, 2.75) is 32.7 Å². The summed E-state index contributed by atoms with van der Waals surface area (Å²) in [5.74, 6) is 3.48. The molecule has 1 atom stereocenters. The Morgan fingerprint density at radius 3 is 2.39 bits per heavy atom. The predicted molar refractivity (Wildman–Crippen MR) is 135 cm³/mol. The fraction of sp³-hybridized carbons (Fsp3) is 0.370. The zero-order chi connectivity index (χ0) is 25.6. The number of ether oxygens (including phenoxy) is 4. The summed E-state index contributed by atoms with van der Waals surface area (Å²) < 4.78 is 23.9. The van der Waals surface area contributed by atoms with Gasteiger partial charge in [0.15, 0.2) is 34.6 Å². The SMILES string of the molecule is COc1ccc(-c2nc3n(n2)C(c2cccc(OC)c2OC)C2=C(CC(C)(C)CC2=O)N3)cc1OC. The molecule has 0 amide bonds. The Labute approximate surface area is 210 Å². The number of nitrogens with one attached hydrogen (secondary N) is 1. The van der Waals surface area contributed by atoms with E-state index in [2.05, 4.69) is 19.2 Å².